The summed E-state index contributed by atoms with van der Waals surface area (Å²) in [5, 5.41) is 20.4. The van der Waals surface area contributed by atoms with Crippen molar-refractivity contribution in [1.29, 1.82) is 0 Å². The zero-order valence-corrected chi connectivity index (χ0v) is 17.4. The van der Waals surface area contributed by atoms with Gasteiger partial charge in [-0.3, -0.25) is 0 Å². The molecule has 0 fully saturated rings. The Bertz CT molecular complexity index is 726. The standard InChI is InChI=1S/C22H30O2S/c1-13-15(23)9-11-17(19(13)21(3,4)5)25-18-12-10-16(24)14(2)20(18)22(6,7)8/h9-12,23-24H,1-8H3. The molecule has 2 rings (SSSR count). The molecule has 0 aromatic heterocycles. The Balaban J connectivity index is 2.67. The van der Waals surface area contributed by atoms with E-state index < -0.39 is 0 Å². The molecule has 0 aliphatic rings. The number of benzene rings is 2. The summed E-state index contributed by atoms with van der Waals surface area (Å²) in [4.78, 5) is 2.30. The number of hydrogen-bond acceptors (Lipinski definition) is 3. The van der Waals surface area contributed by atoms with Crippen LogP contribution in [-0.2, 0) is 10.8 Å². The van der Waals surface area contributed by atoms with Crippen molar-refractivity contribution in [2.24, 2.45) is 0 Å². The summed E-state index contributed by atoms with van der Waals surface area (Å²) in [5.74, 6) is 0.680. The summed E-state index contributed by atoms with van der Waals surface area (Å²) in [6, 6.07) is 7.55. The Hall–Kier alpha value is -1.61. The lowest BCUT2D eigenvalue weighted by molar-refractivity contribution is 0.463. The van der Waals surface area contributed by atoms with Gasteiger partial charge >= 0.3 is 0 Å². The topological polar surface area (TPSA) is 40.5 Å². The fourth-order valence-corrected chi connectivity index (χ4v) is 5.14. The molecule has 2 nitrogen and oxygen atoms in total. The Kier molecular flexibility index (Phi) is 5.21. The van der Waals surface area contributed by atoms with Crippen molar-refractivity contribution in [2.75, 3.05) is 0 Å². The van der Waals surface area contributed by atoms with Crippen molar-refractivity contribution in [1.82, 2.24) is 0 Å². The fourth-order valence-electron chi connectivity index (χ4n) is 3.50. The minimum atomic E-state index is -0.0704. The zero-order chi connectivity index (χ0) is 19.2. The molecular formula is C22H30O2S. The van der Waals surface area contributed by atoms with E-state index in [1.807, 2.05) is 26.0 Å². The Morgan fingerprint density at radius 1 is 0.640 bits per heavy atom. The molecule has 3 heteroatoms. The summed E-state index contributed by atoms with van der Waals surface area (Å²) in [5.41, 5.74) is 4.07. The van der Waals surface area contributed by atoms with Gasteiger partial charge in [0.25, 0.3) is 0 Å². The van der Waals surface area contributed by atoms with Crippen molar-refractivity contribution in [3.63, 3.8) is 0 Å². The molecule has 0 unspecified atom stereocenters. The van der Waals surface area contributed by atoms with E-state index in [1.165, 1.54) is 11.1 Å². The van der Waals surface area contributed by atoms with Gasteiger partial charge in [-0.1, -0.05) is 53.3 Å². The molecule has 0 heterocycles. The van der Waals surface area contributed by atoms with Crippen molar-refractivity contribution in [3.8, 4) is 11.5 Å². The van der Waals surface area contributed by atoms with Crippen LogP contribution in [0.4, 0.5) is 0 Å². The zero-order valence-electron chi connectivity index (χ0n) is 16.6. The van der Waals surface area contributed by atoms with Crippen LogP contribution in [-0.4, -0.2) is 10.2 Å². The van der Waals surface area contributed by atoms with Gasteiger partial charge < -0.3 is 10.2 Å². The monoisotopic (exact) mass is 358 g/mol. The highest BCUT2D eigenvalue weighted by molar-refractivity contribution is 7.99. The molecule has 0 saturated carbocycles. The van der Waals surface area contributed by atoms with Gasteiger partial charge in [0, 0.05) is 9.79 Å². The van der Waals surface area contributed by atoms with E-state index in [9.17, 15) is 10.2 Å². The van der Waals surface area contributed by atoms with Gasteiger partial charge in [0.05, 0.1) is 0 Å². The number of hydrogen-bond donors (Lipinski definition) is 2. The maximum absolute atomic E-state index is 10.2. The van der Waals surface area contributed by atoms with Crippen LogP contribution in [0.15, 0.2) is 34.1 Å². The maximum atomic E-state index is 10.2. The normalized spacial score (nSPS) is 12.5. The van der Waals surface area contributed by atoms with Crippen molar-refractivity contribution in [2.45, 2.75) is 76.0 Å². The molecule has 0 atom stereocenters. The lowest BCUT2D eigenvalue weighted by Gasteiger charge is -2.28. The largest absolute Gasteiger partial charge is 0.508 e. The third kappa shape index (κ3) is 3.98. The number of phenolic OH excluding ortho intramolecular Hbond substituents is 2. The molecule has 2 aromatic carbocycles. The lowest BCUT2D eigenvalue weighted by atomic mass is 9.83. The maximum Gasteiger partial charge on any atom is 0.118 e. The molecule has 0 aliphatic carbocycles. The van der Waals surface area contributed by atoms with Crippen LogP contribution in [0, 0.1) is 13.8 Å². The van der Waals surface area contributed by atoms with Crippen molar-refractivity contribution in [3.05, 3.63) is 46.5 Å². The first-order chi connectivity index (χ1) is 11.3. The quantitative estimate of drug-likeness (QED) is 0.647. The molecule has 2 N–H and O–H groups in total. The lowest BCUT2D eigenvalue weighted by Crippen LogP contribution is -2.16. The minimum absolute atomic E-state index is 0.0704. The third-order valence-electron chi connectivity index (χ3n) is 4.52. The molecular weight excluding hydrogens is 328 g/mol. The molecule has 0 bridgehead atoms. The van der Waals surface area contributed by atoms with Gasteiger partial charge in [0.2, 0.25) is 0 Å². The number of aromatic hydroxyl groups is 2. The van der Waals surface area contributed by atoms with E-state index in [4.69, 9.17) is 0 Å². The highest BCUT2D eigenvalue weighted by atomic mass is 32.2. The predicted molar refractivity (Wildman–Crippen MR) is 107 cm³/mol. The van der Waals surface area contributed by atoms with Gasteiger partial charge in [-0.15, -0.1) is 0 Å². The van der Waals surface area contributed by atoms with Gasteiger partial charge in [0.15, 0.2) is 0 Å². The fraction of sp³-hybridized carbons (Fsp3) is 0.455. The second-order valence-electron chi connectivity index (χ2n) is 8.77. The van der Waals surface area contributed by atoms with E-state index in [-0.39, 0.29) is 10.8 Å². The number of rotatable bonds is 2. The van der Waals surface area contributed by atoms with Crippen LogP contribution in [0.2, 0.25) is 0 Å². The third-order valence-corrected chi connectivity index (χ3v) is 5.64. The van der Waals surface area contributed by atoms with Crippen LogP contribution >= 0.6 is 11.8 Å². The Morgan fingerprint density at radius 2 is 0.960 bits per heavy atom. The predicted octanol–water partition coefficient (Wildman–Crippen LogP) is 6.46. The smallest absolute Gasteiger partial charge is 0.118 e. The summed E-state index contributed by atoms with van der Waals surface area (Å²) in [6.45, 7) is 17.0. The highest BCUT2D eigenvalue weighted by Gasteiger charge is 2.26. The summed E-state index contributed by atoms with van der Waals surface area (Å²) in [7, 11) is 0. The molecule has 0 spiro atoms. The number of phenols is 2. The van der Waals surface area contributed by atoms with Gasteiger partial charge in [0.1, 0.15) is 11.5 Å². The Morgan fingerprint density at radius 3 is 1.24 bits per heavy atom. The first-order valence-electron chi connectivity index (χ1n) is 8.68. The van der Waals surface area contributed by atoms with Gasteiger partial charge in [-0.2, -0.15) is 0 Å². The van der Waals surface area contributed by atoms with Gasteiger partial charge in [-0.05, 0) is 71.2 Å². The van der Waals surface area contributed by atoms with E-state index in [2.05, 4.69) is 41.5 Å². The molecule has 0 saturated heterocycles. The van der Waals surface area contributed by atoms with Crippen LogP contribution in [0.5, 0.6) is 11.5 Å². The van der Waals surface area contributed by atoms with E-state index in [1.54, 1.807) is 23.9 Å². The second kappa shape index (κ2) is 6.60. The highest BCUT2D eigenvalue weighted by Crippen LogP contribution is 2.45. The average molecular weight is 359 g/mol. The first-order valence-corrected chi connectivity index (χ1v) is 9.49. The molecule has 136 valence electrons. The van der Waals surface area contributed by atoms with E-state index >= 15 is 0 Å². The van der Waals surface area contributed by atoms with Crippen molar-refractivity contribution >= 4 is 11.8 Å². The molecule has 0 radical (unpaired) electrons. The van der Waals surface area contributed by atoms with Gasteiger partial charge in [-0.25, -0.2) is 0 Å². The molecule has 0 amide bonds. The Labute approximate surface area is 156 Å². The summed E-state index contributed by atoms with van der Waals surface area (Å²) < 4.78 is 0. The average Bonchev–Trinajstić information content (AvgIpc) is 2.44. The van der Waals surface area contributed by atoms with Crippen molar-refractivity contribution < 1.29 is 10.2 Å². The second-order valence-corrected chi connectivity index (χ2v) is 9.85. The van der Waals surface area contributed by atoms with Crippen LogP contribution in [0.25, 0.3) is 0 Å². The molecule has 25 heavy (non-hydrogen) atoms. The first kappa shape index (κ1) is 19.7. The SMILES string of the molecule is Cc1c(O)ccc(Sc2ccc(O)c(C)c2C(C)(C)C)c1C(C)(C)C. The summed E-state index contributed by atoms with van der Waals surface area (Å²) >= 11 is 1.72. The van der Waals surface area contributed by atoms with E-state index in [0.717, 1.165) is 20.9 Å². The van der Waals surface area contributed by atoms with Crippen LogP contribution in [0.3, 0.4) is 0 Å². The molecule has 0 aliphatic heterocycles. The van der Waals surface area contributed by atoms with Crippen LogP contribution < -0.4 is 0 Å². The van der Waals surface area contributed by atoms with E-state index in [0.29, 0.717) is 11.5 Å². The minimum Gasteiger partial charge on any atom is -0.508 e. The summed E-state index contributed by atoms with van der Waals surface area (Å²) in [6.07, 6.45) is 0. The molecule has 2 aromatic rings. The van der Waals surface area contributed by atoms with Crippen LogP contribution in [0.1, 0.15) is 63.8 Å².